The third-order valence-electron chi connectivity index (χ3n) is 4.62. The van der Waals surface area contributed by atoms with Gasteiger partial charge in [0.2, 0.25) is 11.8 Å². The van der Waals surface area contributed by atoms with Crippen molar-refractivity contribution in [1.29, 1.82) is 0 Å². The Bertz CT molecular complexity index is 839. The summed E-state index contributed by atoms with van der Waals surface area (Å²) in [5, 5.41) is 2.59. The molecule has 1 radical (unpaired) electrons. The number of primary amides is 1. The van der Waals surface area contributed by atoms with Crippen molar-refractivity contribution in [3.05, 3.63) is 30.8 Å². The summed E-state index contributed by atoms with van der Waals surface area (Å²) in [6.07, 6.45) is 3.07. The molecule has 0 bridgehead atoms. The zero-order valence-corrected chi connectivity index (χ0v) is 16.7. The van der Waals surface area contributed by atoms with E-state index in [4.69, 9.17) is 5.73 Å². The summed E-state index contributed by atoms with van der Waals surface area (Å²) in [6, 6.07) is 3.16. The number of amides is 2. The number of aromatic nitrogens is 1. The fourth-order valence-corrected chi connectivity index (χ4v) is 4.25. The molecule has 0 aliphatic carbocycles. The number of rotatable bonds is 7. The number of nitrogens with two attached hydrogens (primary N) is 1. The molecule has 1 aliphatic rings. The molecule has 10 heteroatoms. The molecule has 1 aliphatic heterocycles. The van der Waals surface area contributed by atoms with Crippen molar-refractivity contribution in [1.82, 2.24) is 14.6 Å². The monoisotopic (exact) mass is 409 g/mol. The third-order valence-corrected chi connectivity index (χ3v) is 6.34. The summed E-state index contributed by atoms with van der Waals surface area (Å²) < 4.78 is 26.9. The molecule has 3 N–H and O–H groups in total. The van der Waals surface area contributed by atoms with Crippen LogP contribution in [0.2, 0.25) is 0 Å². The van der Waals surface area contributed by atoms with E-state index in [0.29, 0.717) is 17.3 Å². The number of pyridine rings is 1. The second-order valence-corrected chi connectivity index (χ2v) is 9.03. The molecule has 28 heavy (non-hydrogen) atoms. The van der Waals surface area contributed by atoms with Crippen LogP contribution in [0.5, 0.6) is 0 Å². The number of hydrogen-bond acceptors (Lipinski definition) is 7. The van der Waals surface area contributed by atoms with Crippen LogP contribution >= 0.6 is 0 Å². The van der Waals surface area contributed by atoms with Crippen molar-refractivity contribution in [3.63, 3.8) is 0 Å². The van der Waals surface area contributed by atoms with Crippen LogP contribution in [0.15, 0.2) is 29.4 Å². The van der Waals surface area contributed by atoms with Crippen LogP contribution in [0.25, 0.3) is 0 Å². The number of carbonyl (C=O) groups is 3. The Morgan fingerprint density at radius 1 is 1.39 bits per heavy atom. The topological polar surface area (TPSA) is 140 Å². The van der Waals surface area contributed by atoms with E-state index in [2.05, 4.69) is 10.3 Å². The van der Waals surface area contributed by atoms with Gasteiger partial charge in [-0.2, -0.15) is 8.42 Å². The molecular formula is C18H25N4O5S. The maximum Gasteiger partial charge on any atom is 0.284 e. The number of sulfonamides is 1. The summed E-state index contributed by atoms with van der Waals surface area (Å²) in [7, 11) is -4.36. The number of ketones is 1. The molecule has 0 spiro atoms. The largest absolute Gasteiger partial charge is 0.369 e. The van der Waals surface area contributed by atoms with E-state index in [-0.39, 0.29) is 24.4 Å². The van der Waals surface area contributed by atoms with Gasteiger partial charge in [0.05, 0.1) is 13.0 Å². The molecule has 0 unspecified atom stereocenters. The first-order valence-corrected chi connectivity index (χ1v) is 10.4. The highest BCUT2D eigenvalue weighted by atomic mass is 32.2. The Hall–Kier alpha value is -2.33. The number of carbonyl (C=O) groups excluding carboxylic acids is 3. The lowest BCUT2D eigenvalue weighted by molar-refractivity contribution is -0.132. The number of hydrogen-bond donors (Lipinski definition) is 2. The Morgan fingerprint density at radius 2 is 2.11 bits per heavy atom. The van der Waals surface area contributed by atoms with E-state index in [9.17, 15) is 22.8 Å². The van der Waals surface area contributed by atoms with Gasteiger partial charge in [-0.1, -0.05) is 19.9 Å². The van der Waals surface area contributed by atoms with Crippen molar-refractivity contribution in [3.8, 4) is 0 Å². The van der Waals surface area contributed by atoms with Crippen LogP contribution in [0.1, 0.15) is 33.1 Å². The van der Waals surface area contributed by atoms with Crippen LogP contribution in [0.4, 0.5) is 0 Å². The van der Waals surface area contributed by atoms with Gasteiger partial charge in [0, 0.05) is 11.6 Å². The van der Waals surface area contributed by atoms with Crippen molar-refractivity contribution in [2.45, 2.75) is 44.2 Å². The lowest BCUT2D eigenvalue weighted by atomic mass is 9.87. The molecule has 1 fully saturated rings. The SMILES string of the molecule is CC(C)(C[CH]C(=O)N([C@@H]1CCCNCC1=O)S(=O)(=O)c1ccccn1)C(N)=O. The Labute approximate surface area is 164 Å². The predicted octanol–water partition coefficient (Wildman–Crippen LogP) is 0.0259. The first kappa shape index (κ1) is 22.0. The van der Waals surface area contributed by atoms with Crippen molar-refractivity contribution in [2.75, 3.05) is 13.1 Å². The summed E-state index contributed by atoms with van der Waals surface area (Å²) in [6.45, 7) is 3.63. The van der Waals surface area contributed by atoms with Gasteiger partial charge in [-0.25, -0.2) is 9.29 Å². The molecule has 9 nitrogen and oxygen atoms in total. The molecule has 2 heterocycles. The molecule has 2 rings (SSSR count). The quantitative estimate of drug-likeness (QED) is 0.647. The molecule has 1 aromatic rings. The highest BCUT2D eigenvalue weighted by Gasteiger charge is 2.41. The first-order chi connectivity index (χ1) is 13.1. The van der Waals surface area contributed by atoms with Crippen molar-refractivity contribution in [2.24, 2.45) is 11.1 Å². The highest BCUT2D eigenvalue weighted by molar-refractivity contribution is 7.89. The van der Waals surface area contributed by atoms with Gasteiger partial charge in [-0.3, -0.25) is 14.4 Å². The normalized spacial score (nSPS) is 18.4. The van der Waals surface area contributed by atoms with Crippen LogP contribution in [0.3, 0.4) is 0 Å². The standard InChI is InChI=1S/C18H25N4O5S/c1-18(2,17(19)25)9-8-16(24)22(13-6-5-10-20-12-14(13)23)28(26,27)15-7-3-4-11-21-15/h3-4,7-8,11,13,20H,5-6,9-10,12H2,1-2H3,(H2,19,25)/t13-/m1/s1. The smallest absolute Gasteiger partial charge is 0.284 e. The van der Waals surface area contributed by atoms with Crippen LogP contribution in [-0.4, -0.2) is 54.4 Å². The molecule has 1 aromatic heterocycles. The minimum atomic E-state index is -4.36. The average Bonchev–Trinajstić information content (AvgIpc) is 2.85. The van der Waals surface area contributed by atoms with E-state index >= 15 is 0 Å². The fourth-order valence-electron chi connectivity index (χ4n) is 2.73. The summed E-state index contributed by atoms with van der Waals surface area (Å²) in [5.41, 5.74) is 4.28. The number of nitrogens with one attached hydrogen (secondary N) is 1. The zero-order valence-electron chi connectivity index (χ0n) is 15.9. The zero-order chi connectivity index (χ0) is 20.9. The van der Waals surface area contributed by atoms with Gasteiger partial charge in [-0.05, 0) is 37.9 Å². The molecule has 1 saturated heterocycles. The minimum absolute atomic E-state index is 0.0288. The summed E-state index contributed by atoms with van der Waals surface area (Å²) >= 11 is 0. The molecular weight excluding hydrogens is 384 g/mol. The lowest BCUT2D eigenvalue weighted by Gasteiger charge is -2.30. The number of Topliss-reactive ketones (excluding diaryl/α,β-unsaturated/α-hetero) is 1. The van der Waals surface area contributed by atoms with Crippen molar-refractivity contribution < 1.29 is 22.8 Å². The van der Waals surface area contributed by atoms with Crippen LogP contribution in [-0.2, 0) is 24.4 Å². The van der Waals surface area contributed by atoms with E-state index in [1.54, 1.807) is 19.9 Å². The second-order valence-electron chi connectivity index (χ2n) is 7.26. The maximum absolute atomic E-state index is 13.1. The highest BCUT2D eigenvalue weighted by Crippen LogP contribution is 2.26. The first-order valence-electron chi connectivity index (χ1n) is 8.93. The Balaban J connectivity index is 2.40. The molecule has 2 amide bonds. The molecule has 153 valence electrons. The average molecular weight is 409 g/mol. The lowest BCUT2D eigenvalue weighted by Crippen LogP contribution is -2.50. The fraction of sp³-hybridized carbons (Fsp3) is 0.500. The van der Waals surface area contributed by atoms with E-state index in [1.807, 2.05) is 0 Å². The third kappa shape index (κ3) is 4.93. The van der Waals surface area contributed by atoms with Gasteiger partial charge in [-0.15, -0.1) is 0 Å². The summed E-state index contributed by atoms with van der Waals surface area (Å²) in [5.74, 6) is -1.89. The van der Waals surface area contributed by atoms with Gasteiger partial charge < -0.3 is 11.1 Å². The minimum Gasteiger partial charge on any atom is -0.369 e. The van der Waals surface area contributed by atoms with Gasteiger partial charge in [0.25, 0.3) is 10.0 Å². The van der Waals surface area contributed by atoms with E-state index < -0.39 is 39.1 Å². The summed E-state index contributed by atoms with van der Waals surface area (Å²) in [4.78, 5) is 40.8. The Kier molecular flexibility index (Phi) is 6.89. The Morgan fingerprint density at radius 3 is 2.71 bits per heavy atom. The number of nitrogens with zero attached hydrogens (tertiary/aromatic N) is 2. The molecule has 1 atom stereocenters. The van der Waals surface area contributed by atoms with Gasteiger partial charge in [0.15, 0.2) is 10.8 Å². The van der Waals surface area contributed by atoms with Crippen LogP contribution in [0, 0.1) is 11.8 Å². The maximum atomic E-state index is 13.1. The van der Waals surface area contributed by atoms with E-state index in [1.165, 1.54) is 18.3 Å². The molecule has 0 aromatic carbocycles. The van der Waals surface area contributed by atoms with Crippen molar-refractivity contribution >= 4 is 27.6 Å². The van der Waals surface area contributed by atoms with Gasteiger partial charge >= 0.3 is 0 Å². The molecule has 0 saturated carbocycles. The second kappa shape index (κ2) is 8.78. The van der Waals surface area contributed by atoms with Crippen LogP contribution < -0.4 is 11.1 Å². The predicted molar refractivity (Wildman–Crippen MR) is 101 cm³/mol. The van der Waals surface area contributed by atoms with Gasteiger partial charge in [0.1, 0.15) is 6.04 Å². The van der Waals surface area contributed by atoms with E-state index in [0.717, 1.165) is 6.42 Å².